The summed E-state index contributed by atoms with van der Waals surface area (Å²) >= 11 is 12.5. The monoisotopic (exact) mass is 513 g/mol. The molecule has 0 N–H and O–H groups in total. The van der Waals surface area contributed by atoms with E-state index in [0.717, 1.165) is 50.2 Å². The minimum Gasteiger partial charge on any atom is -0.385 e. The van der Waals surface area contributed by atoms with Crippen LogP contribution in [0, 0.1) is 27.7 Å². The van der Waals surface area contributed by atoms with Gasteiger partial charge in [0.1, 0.15) is 23.7 Å². The minimum atomic E-state index is -0.256. The maximum atomic E-state index is 6.23. The first-order chi connectivity index (χ1) is 16.2. The number of aromatic nitrogens is 1. The molecule has 3 rings (SSSR count). The molecule has 35 heavy (non-hydrogen) atoms. The SMILES string of the molecule is Cc1cc(C(c2cc(C)cc(C(C)(C)C)c2OCl)c2c(C)ccnc2C)c(OCl)c(C(C)(C)C)c1. The van der Waals surface area contributed by atoms with E-state index in [1.54, 1.807) is 0 Å². The fourth-order valence-corrected chi connectivity index (χ4v) is 5.28. The van der Waals surface area contributed by atoms with E-state index in [1.807, 2.05) is 19.2 Å². The highest BCUT2D eigenvalue weighted by atomic mass is 35.5. The van der Waals surface area contributed by atoms with Crippen molar-refractivity contribution >= 4 is 23.7 Å². The molecule has 0 fully saturated rings. The van der Waals surface area contributed by atoms with Gasteiger partial charge in [-0.2, -0.15) is 0 Å². The first kappa shape index (κ1) is 27.4. The van der Waals surface area contributed by atoms with Crippen LogP contribution < -0.4 is 8.58 Å². The van der Waals surface area contributed by atoms with Crippen LogP contribution in [0.3, 0.4) is 0 Å². The molecule has 1 heterocycles. The number of rotatable bonds is 5. The van der Waals surface area contributed by atoms with Crippen molar-refractivity contribution in [2.45, 2.75) is 86.0 Å². The fourth-order valence-electron chi connectivity index (χ4n) is 4.94. The van der Waals surface area contributed by atoms with E-state index in [9.17, 15) is 0 Å². The molecular weight excluding hydrogens is 477 g/mol. The van der Waals surface area contributed by atoms with Crippen molar-refractivity contribution in [1.29, 1.82) is 0 Å². The van der Waals surface area contributed by atoms with Crippen LogP contribution in [-0.4, -0.2) is 4.98 Å². The van der Waals surface area contributed by atoms with Crippen molar-refractivity contribution in [3.8, 4) is 11.5 Å². The molecule has 5 heteroatoms. The van der Waals surface area contributed by atoms with Gasteiger partial charge >= 0.3 is 0 Å². The van der Waals surface area contributed by atoms with Crippen LogP contribution in [0.4, 0.5) is 0 Å². The maximum Gasteiger partial charge on any atom is 0.154 e. The molecule has 0 unspecified atom stereocenters. The van der Waals surface area contributed by atoms with Gasteiger partial charge in [-0.25, -0.2) is 0 Å². The average molecular weight is 515 g/mol. The first-order valence-corrected chi connectivity index (χ1v) is 12.6. The van der Waals surface area contributed by atoms with E-state index in [4.69, 9.17) is 32.3 Å². The lowest BCUT2D eigenvalue weighted by Crippen LogP contribution is -2.18. The van der Waals surface area contributed by atoms with Crippen molar-refractivity contribution in [2.24, 2.45) is 0 Å². The van der Waals surface area contributed by atoms with Crippen molar-refractivity contribution in [3.05, 3.63) is 86.7 Å². The Bertz CT molecular complexity index is 1140. The number of hydrogen-bond donors (Lipinski definition) is 0. The summed E-state index contributed by atoms with van der Waals surface area (Å²) in [5, 5.41) is 0. The molecule has 188 valence electrons. The van der Waals surface area contributed by atoms with Crippen LogP contribution >= 0.6 is 23.7 Å². The quantitative estimate of drug-likeness (QED) is 0.340. The second-order valence-electron chi connectivity index (χ2n) is 11.7. The van der Waals surface area contributed by atoms with E-state index < -0.39 is 0 Å². The maximum absolute atomic E-state index is 6.23. The fraction of sp³-hybridized carbons (Fsp3) is 0.433. The molecule has 0 aliphatic rings. The third kappa shape index (κ3) is 5.47. The predicted octanol–water partition coefficient (Wildman–Crippen LogP) is 9.16. The predicted molar refractivity (Wildman–Crippen MR) is 147 cm³/mol. The molecule has 3 nitrogen and oxygen atoms in total. The molecular formula is C30H37Cl2NO2. The Kier molecular flexibility index (Phi) is 7.84. The summed E-state index contributed by atoms with van der Waals surface area (Å²) in [4.78, 5) is 4.66. The molecule has 0 amide bonds. The van der Waals surface area contributed by atoms with Gasteiger partial charge in [-0.15, -0.1) is 0 Å². The Balaban J connectivity index is 2.56. The summed E-state index contributed by atoms with van der Waals surface area (Å²) in [6.07, 6.45) is 1.84. The Morgan fingerprint density at radius 1 is 0.714 bits per heavy atom. The van der Waals surface area contributed by atoms with Crippen LogP contribution in [-0.2, 0) is 10.8 Å². The van der Waals surface area contributed by atoms with Crippen LogP contribution in [0.2, 0.25) is 0 Å². The lowest BCUT2D eigenvalue weighted by molar-refractivity contribution is 0.522. The number of halogens is 2. The van der Waals surface area contributed by atoms with E-state index in [2.05, 4.69) is 91.6 Å². The lowest BCUT2D eigenvalue weighted by atomic mass is 9.75. The van der Waals surface area contributed by atoms with Crippen LogP contribution in [0.15, 0.2) is 36.5 Å². The molecule has 1 aromatic heterocycles. The highest BCUT2D eigenvalue weighted by Gasteiger charge is 2.34. The van der Waals surface area contributed by atoms with Crippen molar-refractivity contribution in [3.63, 3.8) is 0 Å². The van der Waals surface area contributed by atoms with Crippen molar-refractivity contribution in [1.82, 2.24) is 4.98 Å². The zero-order chi connectivity index (χ0) is 26.3. The number of benzene rings is 2. The third-order valence-electron chi connectivity index (χ3n) is 6.61. The van der Waals surface area contributed by atoms with E-state index >= 15 is 0 Å². The number of nitrogens with zero attached hydrogens (tertiary/aromatic N) is 1. The summed E-state index contributed by atoms with van der Waals surface area (Å²) in [6.45, 7) is 21.3. The van der Waals surface area contributed by atoms with Gasteiger partial charge in [0, 0.05) is 40.1 Å². The molecule has 0 atom stereocenters. The minimum absolute atomic E-state index is 0.177. The van der Waals surface area contributed by atoms with Crippen molar-refractivity contribution in [2.75, 3.05) is 0 Å². The molecule has 0 radical (unpaired) electrons. The molecule has 0 aliphatic heterocycles. The van der Waals surface area contributed by atoms with Crippen LogP contribution in [0.25, 0.3) is 0 Å². The van der Waals surface area contributed by atoms with Gasteiger partial charge in [-0.05, 0) is 55.7 Å². The van der Waals surface area contributed by atoms with E-state index in [0.29, 0.717) is 11.5 Å². The number of pyridine rings is 1. The van der Waals surface area contributed by atoms with Gasteiger partial charge in [0.25, 0.3) is 0 Å². The summed E-state index contributed by atoms with van der Waals surface area (Å²) in [5.41, 5.74) is 9.07. The van der Waals surface area contributed by atoms with E-state index in [1.165, 1.54) is 0 Å². The second kappa shape index (κ2) is 10.0. The van der Waals surface area contributed by atoms with Crippen LogP contribution in [0.5, 0.6) is 11.5 Å². The largest absolute Gasteiger partial charge is 0.385 e. The zero-order valence-corrected chi connectivity index (χ0v) is 24.1. The van der Waals surface area contributed by atoms with Crippen LogP contribution in [0.1, 0.15) is 97.7 Å². The molecule has 0 aliphatic carbocycles. The average Bonchev–Trinajstić information content (AvgIpc) is 2.74. The van der Waals surface area contributed by atoms with E-state index in [-0.39, 0.29) is 16.7 Å². The number of aryl methyl sites for hydroxylation is 4. The summed E-state index contributed by atoms with van der Waals surface area (Å²) in [6, 6.07) is 10.6. The lowest BCUT2D eigenvalue weighted by Gasteiger charge is -2.31. The van der Waals surface area contributed by atoms with Gasteiger partial charge in [-0.1, -0.05) is 76.9 Å². The van der Waals surface area contributed by atoms with Crippen molar-refractivity contribution < 1.29 is 8.58 Å². The Hall–Kier alpha value is -2.23. The molecule has 2 aromatic carbocycles. The molecule has 0 spiro atoms. The van der Waals surface area contributed by atoms with Gasteiger partial charge in [0.05, 0.1) is 0 Å². The molecule has 3 aromatic rings. The molecule has 0 bridgehead atoms. The standard InChI is InChI=1S/C30H37Cl2NO2/c1-17-13-21(27(34-31)23(15-17)29(5,6)7)26(25-19(3)11-12-33-20(25)4)22-14-18(2)16-24(28(22)35-32)30(8,9)10/h11-16,26H,1-10H3. The molecule has 0 saturated carbocycles. The second-order valence-corrected chi connectivity index (χ2v) is 12.0. The highest BCUT2D eigenvalue weighted by Crippen LogP contribution is 2.49. The zero-order valence-electron chi connectivity index (χ0n) is 22.6. The Labute approximate surface area is 221 Å². The topological polar surface area (TPSA) is 31.4 Å². The third-order valence-corrected chi connectivity index (χ3v) is 6.92. The Morgan fingerprint density at radius 2 is 1.14 bits per heavy atom. The number of hydrogen-bond acceptors (Lipinski definition) is 3. The normalized spacial score (nSPS) is 12.3. The molecule has 0 saturated heterocycles. The Morgan fingerprint density at radius 3 is 1.49 bits per heavy atom. The smallest absolute Gasteiger partial charge is 0.154 e. The highest BCUT2D eigenvalue weighted by molar-refractivity contribution is 6.09. The van der Waals surface area contributed by atoms with Gasteiger partial charge in [0.15, 0.2) is 11.5 Å². The van der Waals surface area contributed by atoms with Gasteiger partial charge < -0.3 is 8.58 Å². The summed E-state index contributed by atoms with van der Waals surface area (Å²) in [5.74, 6) is 1.07. The van der Waals surface area contributed by atoms with Gasteiger partial charge in [-0.3, -0.25) is 4.98 Å². The first-order valence-electron chi connectivity index (χ1n) is 12.0. The van der Waals surface area contributed by atoms with Gasteiger partial charge in [0.2, 0.25) is 0 Å². The summed E-state index contributed by atoms with van der Waals surface area (Å²) < 4.78 is 11.3. The summed E-state index contributed by atoms with van der Waals surface area (Å²) in [7, 11) is 0.